The molecule has 0 aromatic carbocycles. The minimum Gasteiger partial charge on any atom is -0.397 e. The number of rotatable bonds is 5. The molecule has 0 aliphatic heterocycles. The van der Waals surface area contributed by atoms with Gasteiger partial charge in [0.05, 0.1) is 23.2 Å². The number of nitrogen functional groups attached to an aromatic ring is 1. The molecule has 0 bridgehead atoms. The second-order valence-corrected chi connectivity index (χ2v) is 4.11. The van der Waals surface area contributed by atoms with Gasteiger partial charge >= 0.3 is 0 Å². The number of anilines is 2. The van der Waals surface area contributed by atoms with Crippen molar-refractivity contribution >= 4 is 11.4 Å². The van der Waals surface area contributed by atoms with E-state index in [2.05, 4.69) is 17.2 Å². The molecule has 0 saturated carbocycles. The summed E-state index contributed by atoms with van der Waals surface area (Å²) < 4.78 is 0. The summed E-state index contributed by atoms with van der Waals surface area (Å²) in [6.07, 6.45) is 5.02. The smallest absolute Gasteiger partial charge is 0.0791 e. The Hall–Kier alpha value is -1.29. The largest absolute Gasteiger partial charge is 0.397 e. The van der Waals surface area contributed by atoms with Crippen molar-refractivity contribution in [2.45, 2.75) is 32.3 Å². The Morgan fingerprint density at radius 2 is 2.27 bits per heavy atom. The molecule has 1 rings (SSSR count). The van der Waals surface area contributed by atoms with Crippen molar-refractivity contribution in [3.63, 3.8) is 0 Å². The van der Waals surface area contributed by atoms with Crippen LogP contribution in [-0.2, 0) is 0 Å². The summed E-state index contributed by atoms with van der Waals surface area (Å²) in [7, 11) is 0. The van der Waals surface area contributed by atoms with E-state index in [0.29, 0.717) is 12.2 Å². The normalized spacial score (nSPS) is 14.6. The van der Waals surface area contributed by atoms with Crippen molar-refractivity contribution in [1.29, 1.82) is 0 Å². The van der Waals surface area contributed by atoms with Gasteiger partial charge in [0.2, 0.25) is 0 Å². The molecule has 1 atom stereocenters. The lowest BCUT2D eigenvalue weighted by Crippen LogP contribution is -2.33. The fraction of sp³-hybridized carbons (Fsp3) is 0.545. The van der Waals surface area contributed by atoms with E-state index < -0.39 is 5.60 Å². The molecule has 4 nitrogen and oxygen atoms in total. The summed E-state index contributed by atoms with van der Waals surface area (Å²) in [5, 5.41) is 13.0. The van der Waals surface area contributed by atoms with E-state index >= 15 is 0 Å². The van der Waals surface area contributed by atoms with Gasteiger partial charge in [-0.3, -0.25) is 4.98 Å². The zero-order chi connectivity index (χ0) is 11.3. The average molecular weight is 209 g/mol. The Morgan fingerprint density at radius 3 is 2.87 bits per heavy atom. The van der Waals surface area contributed by atoms with Crippen LogP contribution in [0.5, 0.6) is 0 Å². The van der Waals surface area contributed by atoms with Crippen molar-refractivity contribution < 1.29 is 5.11 Å². The van der Waals surface area contributed by atoms with Gasteiger partial charge in [0.15, 0.2) is 0 Å². The quantitative estimate of drug-likeness (QED) is 0.689. The monoisotopic (exact) mass is 209 g/mol. The zero-order valence-electron chi connectivity index (χ0n) is 9.33. The van der Waals surface area contributed by atoms with Gasteiger partial charge < -0.3 is 16.2 Å². The summed E-state index contributed by atoms with van der Waals surface area (Å²) >= 11 is 0. The van der Waals surface area contributed by atoms with Gasteiger partial charge in [0, 0.05) is 12.7 Å². The number of nitrogens with two attached hydrogens (primary N) is 1. The SMILES string of the molecule is CCCC(C)(O)CNc1cncc(N)c1. The Morgan fingerprint density at radius 1 is 1.53 bits per heavy atom. The molecule has 1 heterocycles. The minimum atomic E-state index is -0.681. The highest BCUT2D eigenvalue weighted by Crippen LogP contribution is 2.15. The molecule has 0 aliphatic carbocycles. The molecular formula is C11H19N3O. The van der Waals surface area contributed by atoms with E-state index in [1.54, 1.807) is 18.5 Å². The van der Waals surface area contributed by atoms with Crippen LogP contribution in [0.4, 0.5) is 11.4 Å². The first-order valence-corrected chi connectivity index (χ1v) is 5.20. The second-order valence-electron chi connectivity index (χ2n) is 4.11. The molecule has 1 unspecified atom stereocenters. The van der Waals surface area contributed by atoms with Gasteiger partial charge in [-0.25, -0.2) is 0 Å². The number of aromatic nitrogens is 1. The van der Waals surface area contributed by atoms with Crippen LogP contribution < -0.4 is 11.1 Å². The van der Waals surface area contributed by atoms with E-state index in [4.69, 9.17) is 5.73 Å². The molecule has 84 valence electrons. The van der Waals surface area contributed by atoms with Gasteiger partial charge in [0.1, 0.15) is 0 Å². The number of nitrogens with one attached hydrogen (secondary N) is 1. The molecule has 4 N–H and O–H groups in total. The maximum absolute atomic E-state index is 9.93. The van der Waals surface area contributed by atoms with Crippen molar-refractivity contribution in [2.75, 3.05) is 17.6 Å². The van der Waals surface area contributed by atoms with Crippen molar-refractivity contribution in [2.24, 2.45) is 0 Å². The van der Waals surface area contributed by atoms with Crippen molar-refractivity contribution in [1.82, 2.24) is 4.98 Å². The van der Waals surface area contributed by atoms with Gasteiger partial charge in [-0.15, -0.1) is 0 Å². The average Bonchev–Trinajstić information content (AvgIpc) is 2.15. The van der Waals surface area contributed by atoms with Gasteiger partial charge in [-0.1, -0.05) is 13.3 Å². The van der Waals surface area contributed by atoms with Crippen LogP contribution in [0.2, 0.25) is 0 Å². The standard InChI is InChI=1S/C11H19N3O/c1-3-4-11(2,15)8-14-10-5-9(12)6-13-7-10/h5-7,14-15H,3-4,8,12H2,1-2H3. The Bertz CT molecular complexity index is 312. The lowest BCUT2D eigenvalue weighted by Gasteiger charge is -2.23. The van der Waals surface area contributed by atoms with Gasteiger partial charge in [0.25, 0.3) is 0 Å². The fourth-order valence-corrected chi connectivity index (χ4v) is 1.47. The summed E-state index contributed by atoms with van der Waals surface area (Å²) in [4.78, 5) is 3.96. The van der Waals surface area contributed by atoms with E-state index in [0.717, 1.165) is 18.5 Å². The molecule has 0 saturated heterocycles. The van der Waals surface area contributed by atoms with Crippen LogP contribution in [-0.4, -0.2) is 22.2 Å². The molecular weight excluding hydrogens is 190 g/mol. The third-order valence-electron chi connectivity index (χ3n) is 2.22. The summed E-state index contributed by atoms with van der Waals surface area (Å²) in [6.45, 7) is 4.38. The Labute approximate surface area is 90.5 Å². The van der Waals surface area contributed by atoms with Crippen LogP contribution in [0.3, 0.4) is 0 Å². The molecule has 4 heteroatoms. The number of nitrogens with zero attached hydrogens (tertiary/aromatic N) is 1. The zero-order valence-corrected chi connectivity index (χ0v) is 9.33. The highest BCUT2D eigenvalue weighted by molar-refractivity contribution is 5.51. The second kappa shape index (κ2) is 4.98. The maximum Gasteiger partial charge on any atom is 0.0791 e. The molecule has 0 amide bonds. The predicted octanol–water partition coefficient (Wildman–Crippen LogP) is 1.63. The predicted molar refractivity (Wildman–Crippen MR) is 62.7 cm³/mol. The third-order valence-corrected chi connectivity index (χ3v) is 2.22. The first-order valence-electron chi connectivity index (χ1n) is 5.20. The van der Waals surface area contributed by atoms with E-state index in [9.17, 15) is 5.11 Å². The van der Waals surface area contributed by atoms with E-state index in [1.807, 2.05) is 6.92 Å². The Kier molecular flexibility index (Phi) is 3.91. The van der Waals surface area contributed by atoms with Crippen LogP contribution in [0, 0.1) is 0 Å². The highest BCUT2D eigenvalue weighted by Gasteiger charge is 2.18. The van der Waals surface area contributed by atoms with E-state index in [1.165, 1.54) is 0 Å². The molecule has 1 aromatic rings. The molecule has 1 aromatic heterocycles. The van der Waals surface area contributed by atoms with Crippen molar-refractivity contribution in [3.8, 4) is 0 Å². The molecule has 0 radical (unpaired) electrons. The molecule has 0 spiro atoms. The third kappa shape index (κ3) is 4.16. The first-order chi connectivity index (χ1) is 7.03. The summed E-state index contributed by atoms with van der Waals surface area (Å²) in [5.74, 6) is 0. The number of aliphatic hydroxyl groups is 1. The van der Waals surface area contributed by atoms with Crippen molar-refractivity contribution in [3.05, 3.63) is 18.5 Å². The maximum atomic E-state index is 9.93. The molecule has 0 aliphatic rings. The lowest BCUT2D eigenvalue weighted by molar-refractivity contribution is 0.0637. The lowest BCUT2D eigenvalue weighted by atomic mass is 10.0. The molecule has 0 fully saturated rings. The van der Waals surface area contributed by atoms with Crippen LogP contribution in [0.1, 0.15) is 26.7 Å². The van der Waals surface area contributed by atoms with Gasteiger partial charge in [-0.2, -0.15) is 0 Å². The highest BCUT2D eigenvalue weighted by atomic mass is 16.3. The van der Waals surface area contributed by atoms with Crippen LogP contribution in [0.25, 0.3) is 0 Å². The number of pyridine rings is 1. The number of hydrogen-bond acceptors (Lipinski definition) is 4. The summed E-state index contributed by atoms with van der Waals surface area (Å²) in [6, 6.07) is 1.80. The van der Waals surface area contributed by atoms with Gasteiger partial charge in [-0.05, 0) is 19.4 Å². The summed E-state index contributed by atoms with van der Waals surface area (Å²) in [5.41, 5.74) is 6.37. The minimum absolute atomic E-state index is 0.506. The fourth-order valence-electron chi connectivity index (χ4n) is 1.47. The number of hydrogen-bond donors (Lipinski definition) is 3. The molecule has 15 heavy (non-hydrogen) atoms. The van der Waals surface area contributed by atoms with Crippen LogP contribution >= 0.6 is 0 Å². The van der Waals surface area contributed by atoms with E-state index in [-0.39, 0.29) is 0 Å². The Balaban J connectivity index is 2.49. The topological polar surface area (TPSA) is 71.2 Å². The van der Waals surface area contributed by atoms with Crippen LogP contribution in [0.15, 0.2) is 18.5 Å². The first kappa shape index (κ1) is 11.8.